The third-order valence-electron chi connectivity index (χ3n) is 9.20. The summed E-state index contributed by atoms with van der Waals surface area (Å²) in [6.07, 6.45) is 17.1. The van der Waals surface area contributed by atoms with Gasteiger partial charge < -0.3 is 24.8 Å². The fourth-order valence-electron chi connectivity index (χ4n) is 6.28. The van der Waals surface area contributed by atoms with Crippen molar-refractivity contribution in [3.63, 3.8) is 0 Å². The number of fused-ring (bicyclic) bond motifs is 5. The van der Waals surface area contributed by atoms with Gasteiger partial charge in [-0.1, -0.05) is 63.1 Å². The van der Waals surface area contributed by atoms with Crippen molar-refractivity contribution in [1.29, 1.82) is 0 Å². The van der Waals surface area contributed by atoms with E-state index >= 15 is 0 Å². The van der Waals surface area contributed by atoms with Gasteiger partial charge in [-0.3, -0.25) is 6.08 Å². The molecule has 0 spiro atoms. The molecule has 44 heavy (non-hydrogen) atoms. The fourth-order valence-corrected chi connectivity index (χ4v) is 6.69. The number of halogens is 2. The number of hydrogen-bond donors (Lipinski definition) is 0. The van der Waals surface area contributed by atoms with Gasteiger partial charge in [0.05, 0.1) is 0 Å². The Balaban J connectivity index is 0.000000258. The summed E-state index contributed by atoms with van der Waals surface area (Å²) < 4.78 is 1.46. The minimum Gasteiger partial charge on any atom is -1.00 e. The van der Waals surface area contributed by atoms with Crippen LogP contribution >= 0.6 is 0 Å². The molecule has 0 saturated heterocycles. The first kappa shape index (κ1) is 36.3. The molecule has 4 aromatic carbocycles. The van der Waals surface area contributed by atoms with Gasteiger partial charge in [-0.2, -0.15) is 6.08 Å². The molecular weight excluding hydrogens is 655 g/mol. The zero-order chi connectivity index (χ0) is 30.2. The molecule has 3 aliphatic carbocycles. The van der Waals surface area contributed by atoms with Crippen LogP contribution in [0.4, 0.5) is 0 Å². The Morgan fingerprint density at radius 1 is 0.750 bits per heavy atom. The van der Waals surface area contributed by atoms with Crippen LogP contribution in [0.15, 0.2) is 85.0 Å². The third kappa shape index (κ3) is 7.61. The van der Waals surface area contributed by atoms with Gasteiger partial charge in [-0.05, 0) is 59.8 Å². The largest absolute Gasteiger partial charge is 1.00 e. The van der Waals surface area contributed by atoms with Crippen LogP contribution in [0.25, 0.3) is 32.7 Å². The second-order valence-corrected chi connectivity index (χ2v) is 15.4. The van der Waals surface area contributed by atoms with Crippen molar-refractivity contribution in [3.8, 4) is 0 Å². The summed E-state index contributed by atoms with van der Waals surface area (Å²) in [7, 11) is 0. The van der Waals surface area contributed by atoms with Gasteiger partial charge in [-0.15, -0.1) is 46.2 Å². The molecule has 0 unspecified atom stereocenters. The van der Waals surface area contributed by atoms with Crippen molar-refractivity contribution >= 4 is 35.9 Å². The number of benzene rings is 3. The predicted octanol–water partition coefficient (Wildman–Crippen LogP) is 5.28. The van der Waals surface area contributed by atoms with E-state index in [0.717, 1.165) is 19.3 Å². The van der Waals surface area contributed by atoms with Gasteiger partial charge in [-0.25, -0.2) is 12.2 Å². The average molecular weight is 699 g/mol. The van der Waals surface area contributed by atoms with E-state index in [4.69, 9.17) is 0 Å². The van der Waals surface area contributed by atoms with Crippen LogP contribution < -0.4 is 24.8 Å². The van der Waals surface area contributed by atoms with Gasteiger partial charge in [0.1, 0.15) is 0 Å². The molecule has 0 fully saturated rings. The molecule has 3 heteroatoms. The van der Waals surface area contributed by atoms with Gasteiger partial charge in [0.15, 0.2) is 0 Å². The van der Waals surface area contributed by atoms with Gasteiger partial charge in [0.2, 0.25) is 0 Å². The molecule has 0 N–H and O–H groups in total. The maximum absolute atomic E-state index is 2.99. The van der Waals surface area contributed by atoms with Gasteiger partial charge in [0, 0.05) is 0 Å². The maximum atomic E-state index is 2.99. The van der Waals surface area contributed by atoms with Crippen molar-refractivity contribution in [2.45, 2.75) is 85.5 Å². The molecular formula is C41H44Cl2Zr-2. The molecule has 0 radical (unpaired) electrons. The standard InChI is InChI=1S/C27H29.C9H10.C5H5.2ClH.Zr/c1-16-7-9-26(3,4)24-12-18-11-19-13-25-21(17(2)8-10-27(25,5)6)15-23(19)22(18)14-20(16)24;1-3-9-6-4-8(2)5-7-9;1-2-4-5-3-1;;;/h7-8,11-15H,9-10H2,1-6H3;4-7H,1-2H3;1-3H,4H2;2*1H;/q-1;;-1;;;+2/p-2. The van der Waals surface area contributed by atoms with Crippen molar-refractivity contribution in [1.82, 2.24) is 0 Å². The van der Waals surface area contributed by atoms with Crippen LogP contribution in [-0.2, 0) is 35.1 Å². The molecule has 0 bridgehead atoms. The molecule has 4 aromatic rings. The van der Waals surface area contributed by atoms with E-state index in [1.807, 2.05) is 12.2 Å². The van der Waals surface area contributed by atoms with E-state index in [9.17, 15) is 0 Å². The maximum Gasteiger partial charge on any atom is -0.109 e. The summed E-state index contributed by atoms with van der Waals surface area (Å²) >= 11 is 1.51. The quantitative estimate of drug-likeness (QED) is 0.238. The SMILES string of the molecule is CC1=CCC(C)(C)c2cc3[cH-]c4cc5c(cc4c3cc21)C(C)=CCC5(C)C.C[C](=[Zr+2])c1ccc(C)cc1.[C-]1=CC=CC1.[Cl-].[Cl-]. The third-order valence-corrected chi connectivity index (χ3v) is 9.91. The zero-order valence-corrected chi connectivity index (χ0v) is 31.4. The molecule has 0 saturated carbocycles. The average Bonchev–Trinajstić information content (AvgIpc) is 3.64. The van der Waals surface area contributed by atoms with Crippen LogP contribution in [0.1, 0.15) is 101 Å². The van der Waals surface area contributed by atoms with Crippen LogP contribution in [0, 0.1) is 13.0 Å². The molecule has 0 aromatic heterocycles. The van der Waals surface area contributed by atoms with E-state index in [2.05, 4.69) is 134 Å². The first-order valence-electron chi connectivity index (χ1n) is 15.3. The number of hydrogen-bond acceptors (Lipinski definition) is 0. The van der Waals surface area contributed by atoms with E-state index in [1.165, 1.54) is 93.5 Å². The summed E-state index contributed by atoms with van der Waals surface area (Å²) in [4.78, 5) is 0. The molecule has 0 heterocycles. The van der Waals surface area contributed by atoms with E-state index in [1.54, 1.807) is 0 Å². The summed E-state index contributed by atoms with van der Waals surface area (Å²) in [5.41, 5.74) is 11.9. The van der Waals surface area contributed by atoms with E-state index in [-0.39, 0.29) is 35.6 Å². The second kappa shape index (κ2) is 14.5. The zero-order valence-electron chi connectivity index (χ0n) is 27.5. The first-order chi connectivity index (χ1) is 19.9. The summed E-state index contributed by atoms with van der Waals surface area (Å²) in [6.45, 7) is 18.3. The van der Waals surface area contributed by atoms with Crippen molar-refractivity contribution in [3.05, 3.63) is 124 Å². The Bertz CT molecular complexity index is 1680. The van der Waals surface area contributed by atoms with Crippen LogP contribution in [0.3, 0.4) is 0 Å². The van der Waals surface area contributed by atoms with Crippen molar-refractivity contribution in [2.75, 3.05) is 0 Å². The number of aryl methyl sites for hydroxylation is 1. The minimum atomic E-state index is 0. The number of rotatable bonds is 1. The van der Waals surface area contributed by atoms with Gasteiger partial charge in [0.25, 0.3) is 0 Å². The Morgan fingerprint density at radius 3 is 1.59 bits per heavy atom. The predicted molar refractivity (Wildman–Crippen MR) is 182 cm³/mol. The second-order valence-electron chi connectivity index (χ2n) is 13.6. The molecule has 0 amide bonds. The summed E-state index contributed by atoms with van der Waals surface area (Å²) in [5.74, 6) is 0. The van der Waals surface area contributed by atoms with Crippen LogP contribution in [0.5, 0.6) is 0 Å². The molecule has 3 aliphatic rings. The monoisotopic (exact) mass is 696 g/mol. The number of allylic oxidation sites excluding steroid dienone is 8. The van der Waals surface area contributed by atoms with Crippen molar-refractivity contribution < 1.29 is 49.0 Å². The van der Waals surface area contributed by atoms with Crippen LogP contribution in [-0.4, -0.2) is 3.21 Å². The molecule has 228 valence electrons. The van der Waals surface area contributed by atoms with E-state index < -0.39 is 0 Å². The minimum absolute atomic E-state index is 0. The normalized spacial score (nSPS) is 16.6. The Morgan fingerprint density at radius 2 is 1.23 bits per heavy atom. The van der Waals surface area contributed by atoms with Crippen molar-refractivity contribution in [2.24, 2.45) is 0 Å². The van der Waals surface area contributed by atoms with Gasteiger partial charge >= 0.3 is 76.7 Å². The van der Waals surface area contributed by atoms with E-state index in [0.29, 0.717) is 0 Å². The molecule has 0 atom stereocenters. The molecule has 0 aliphatic heterocycles. The fraction of sp³-hybridized carbons (Fsp3) is 0.317. The summed E-state index contributed by atoms with van der Waals surface area (Å²) in [6, 6.07) is 20.9. The smallest absolute Gasteiger partial charge is 0.109 e. The Hall–Kier alpha value is -2.18. The Kier molecular flexibility index (Phi) is 12.0. The molecule has 0 nitrogen and oxygen atoms in total. The van der Waals surface area contributed by atoms with Crippen LogP contribution in [0.2, 0.25) is 0 Å². The molecule has 7 rings (SSSR count). The topological polar surface area (TPSA) is 0 Å². The summed E-state index contributed by atoms with van der Waals surface area (Å²) in [5, 5.41) is 5.61. The Labute approximate surface area is 292 Å². The first-order valence-corrected chi connectivity index (χ1v) is 16.5.